The summed E-state index contributed by atoms with van der Waals surface area (Å²) in [7, 11) is -3.50. The van der Waals surface area contributed by atoms with E-state index >= 15 is 0 Å². The molecule has 0 radical (unpaired) electrons. The van der Waals surface area contributed by atoms with E-state index in [0.29, 0.717) is 11.7 Å². The second-order valence-electron chi connectivity index (χ2n) is 11.8. The topological polar surface area (TPSA) is 105 Å². The molecule has 1 saturated heterocycles. The number of nitrogens with zero attached hydrogens (tertiary/aromatic N) is 1. The van der Waals surface area contributed by atoms with Gasteiger partial charge in [0.15, 0.2) is 0 Å². The van der Waals surface area contributed by atoms with Gasteiger partial charge in [-0.25, -0.2) is 8.42 Å². The normalized spacial score (nSPS) is 17.9. The van der Waals surface area contributed by atoms with Gasteiger partial charge in [0.2, 0.25) is 15.9 Å². The number of halogens is 1. The lowest BCUT2D eigenvalue weighted by molar-refractivity contribution is -0.128. The Balaban J connectivity index is 1.27. The molecule has 0 aromatic heterocycles. The fourth-order valence-electron chi connectivity index (χ4n) is 6.18. The van der Waals surface area contributed by atoms with E-state index in [1.807, 2.05) is 24.3 Å². The first-order chi connectivity index (χ1) is 20.1. The van der Waals surface area contributed by atoms with E-state index in [1.54, 1.807) is 0 Å². The van der Waals surface area contributed by atoms with Gasteiger partial charge in [0.25, 0.3) is 5.24 Å². The summed E-state index contributed by atoms with van der Waals surface area (Å²) in [4.78, 5) is 27.7. The first-order valence-corrected chi connectivity index (χ1v) is 17.5. The van der Waals surface area contributed by atoms with Crippen molar-refractivity contribution < 1.29 is 22.7 Å². The second-order valence-corrected chi connectivity index (χ2v) is 13.9. The molecule has 0 bridgehead atoms. The minimum atomic E-state index is -3.50. The third-order valence-electron chi connectivity index (χ3n) is 8.41. The molecule has 10 heteroatoms. The number of piperidine rings is 1. The van der Waals surface area contributed by atoms with E-state index in [1.165, 1.54) is 50.3 Å². The third kappa shape index (κ3) is 9.71. The molecular formula is C32H44ClN3O5S. The van der Waals surface area contributed by atoms with Crippen LogP contribution in [0.2, 0.25) is 0 Å². The lowest BCUT2D eigenvalue weighted by Gasteiger charge is -2.35. The number of ether oxygens (including phenoxy) is 1. The molecule has 2 aromatic carbocycles. The molecule has 230 valence electrons. The van der Waals surface area contributed by atoms with Crippen LogP contribution in [0, 0.1) is 11.8 Å². The SMILES string of the molecule is CCCCC(C(=O)NC1CCN(Cc2ccc(Oc3ccc(NS(C)(=O)=O)cc3C(=O)Cl)cc2)CC1)C1CCCCC1. The third-order valence-corrected chi connectivity index (χ3v) is 9.22. The minimum absolute atomic E-state index is 0.0692. The van der Waals surface area contributed by atoms with Gasteiger partial charge >= 0.3 is 0 Å². The first-order valence-electron chi connectivity index (χ1n) is 15.2. The summed E-state index contributed by atoms with van der Waals surface area (Å²) in [5.41, 5.74) is 1.44. The first kappa shape index (κ1) is 32.3. The number of rotatable bonds is 13. The molecule has 0 spiro atoms. The van der Waals surface area contributed by atoms with Gasteiger partial charge in [0.1, 0.15) is 11.5 Å². The number of nitrogens with one attached hydrogen (secondary N) is 2. The van der Waals surface area contributed by atoms with Crippen molar-refractivity contribution in [1.29, 1.82) is 0 Å². The standard InChI is InChI=1S/C32H44ClN3O5S/c1-3-4-10-28(24-8-6-5-7-9-24)32(38)34-25-17-19-36(20-18-25)22-23-11-14-27(15-12-23)41-30-16-13-26(35-42(2,39)40)21-29(30)31(33)37/h11-16,21,24-25,28,35H,3-10,17-20,22H2,1-2H3,(H,34,38). The van der Waals surface area contributed by atoms with Crippen LogP contribution in [0.5, 0.6) is 11.5 Å². The van der Waals surface area contributed by atoms with Crippen molar-refractivity contribution in [2.75, 3.05) is 24.1 Å². The molecule has 42 heavy (non-hydrogen) atoms. The lowest BCUT2D eigenvalue weighted by atomic mass is 9.77. The maximum absolute atomic E-state index is 13.3. The van der Waals surface area contributed by atoms with Gasteiger partial charge in [-0.15, -0.1) is 0 Å². The van der Waals surface area contributed by atoms with Crippen molar-refractivity contribution in [2.45, 2.75) is 83.7 Å². The van der Waals surface area contributed by atoms with E-state index in [0.717, 1.165) is 63.6 Å². The van der Waals surface area contributed by atoms with Gasteiger partial charge in [-0.3, -0.25) is 19.2 Å². The Kier molecular flexibility index (Phi) is 11.7. The van der Waals surface area contributed by atoms with Gasteiger partial charge in [0.05, 0.1) is 11.8 Å². The minimum Gasteiger partial charge on any atom is -0.457 e. The van der Waals surface area contributed by atoms with Gasteiger partial charge < -0.3 is 10.1 Å². The van der Waals surface area contributed by atoms with Crippen LogP contribution in [-0.2, 0) is 21.4 Å². The average molecular weight is 618 g/mol. The van der Waals surface area contributed by atoms with Gasteiger partial charge in [-0.2, -0.15) is 0 Å². The monoisotopic (exact) mass is 617 g/mol. The Hall–Kier alpha value is -2.62. The molecule has 2 N–H and O–H groups in total. The predicted octanol–water partition coefficient (Wildman–Crippen LogP) is 6.70. The second kappa shape index (κ2) is 15.2. The van der Waals surface area contributed by atoms with E-state index in [2.05, 4.69) is 21.9 Å². The van der Waals surface area contributed by atoms with Crippen molar-refractivity contribution in [3.05, 3.63) is 53.6 Å². The van der Waals surface area contributed by atoms with Crippen LogP contribution in [0.4, 0.5) is 5.69 Å². The summed E-state index contributed by atoms with van der Waals surface area (Å²) in [6.45, 7) is 4.87. The van der Waals surface area contributed by atoms with Crippen LogP contribution < -0.4 is 14.8 Å². The number of carbonyl (C=O) groups is 2. The highest BCUT2D eigenvalue weighted by atomic mass is 35.5. The molecule has 1 aliphatic heterocycles. The van der Waals surface area contributed by atoms with Crippen molar-refractivity contribution >= 4 is 38.5 Å². The molecule has 1 amide bonds. The fourth-order valence-corrected chi connectivity index (χ4v) is 6.89. The average Bonchev–Trinajstić information content (AvgIpc) is 2.96. The molecule has 1 aliphatic carbocycles. The Labute approximate surface area is 255 Å². The van der Waals surface area contributed by atoms with E-state index in [4.69, 9.17) is 16.3 Å². The molecule has 4 rings (SSSR count). The zero-order valence-electron chi connectivity index (χ0n) is 24.7. The molecule has 1 unspecified atom stereocenters. The molecule has 2 aromatic rings. The number of sulfonamides is 1. The van der Waals surface area contributed by atoms with Gasteiger partial charge in [-0.05, 0) is 85.5 Å². The number of anilines is 1. The highest BCUT2D eigenvalue weighted by Gasteiger charge is 2.31. The Morgan fingerprint density at radius 2 is 1.71 bits per heavy atom. The number of unbranched alkanes of at least 4 members (excludes halogenated alkanes) is 1. The van der Waals surface area contributed by atoms with Crippen LogP contribution in [0.1, 0.15) is 87.1 Å². The molecule has 2 fully saturated rings. The molecule has 1 heterocycles. The quantitative estimate of drug-likeness (QED) is 0.243. The molecule has 2 aliphatic rings. The van der Waals surface area contributed by atoms with Crippen molar-refractivity contribution in [1.82, 2.24) is 10.2 Å². The number of benzene rings is 2. The summed E-state index contributed by atoms with van der Waals surface area (Å²) < 4.78 is 31.3. The fraction of sp³-hybridized carbons (Fsp3) is 0.562. The van der Waals surface area contributed by atoms with Crippen LogP contribution in [-0.4, -0.2) is 49.9 Å². The summed E-state index contributed by atoms with van der Waals surface area (Å²) in [6.07, 6.45) is 12.4. The van der Waals surface area contributed by atoms with Crippen molar-refractivity contribution in [2.24, 2.45) is 11.8 Å². The van der Waals surface area contributed by atoms with Gasteiger partial charge in [0, 0.05) is 37.3 Å². The Bertz CT molecular complexity index is 1300. The van der Waals surface area contributed by atoms with Crippen molar-refractivity contribution in [3.8, 4) is 11.5 Å². The lowest BCUT2D eigenvalue weighted by Crippen LogP contribution is -2.47. The number of hydrogen-bond acceptors (Lipinski definition) is 6. The Morgan fingerprint density at radius 1 is 1.02 bits per heavy atom. The molecular weight excluding hydrogens is 574 g/mol. The van der Waals surface area contributed by atoms with Crippen LogP contribution in [0.25, 0.3) is 0 Å². The van der Waals surface area contributed by atoms with Crippen LogP contribution >= 0.6 is 11.6 Å². The summed E-state index contributed by atoms with van der Waals surface area (Å²) >= 11 is 5.74. The summed E-state index contributed by atoms with van der Waals surface area (Å²) in [5.74, 6) is 1.79. The smallest absolute Gasteiger partial charge is 0.256 e. The predicted molar refractivity (Wildman–Crippen MR) is 168 cm³/mol. The maximum Gasteiger partial charge on any atom is 0.256 e. The largest absolute Gasteiger partial charge is 0.457 e. The molecule has 8 nitrogen and oxygen atoms in total. The zero-order chi connectivity index (χ0) is 30.1. The highest BCUT2D eigenvalue weighted by Crippen LogP contribution is 2.33. The van der Waals surface area contributed by atoms with E-state index in [9.17, 15) is 18.0 Å². The molecule has 1 atom stereocenters. The van der Waals surface area contributed by atoms with E-state index in [-0.39, 0.29) is 34.9 Å². The summed E-state index contributed by atoms with van der Waals surface area (Å²) in [6, 6.07) is 12.3. The number of likely N-dealkylation sites (tertiary alicyclic amines) is 1. The van der Waals surface area contributed by atoms with Crippen molar-refractivity contribution in [3.63, 3.8) is 0 Å². The highest BCUT2D eigenvalue weighted by molar-refractivity contribution is 7.92. The maximum atomic E-state index is 13.3. The van der Waals surface area contributed by atoms with Crippen LogP contribution in [0.3, 0.4) is 0 Å². The zero-order valence-corrected chi connectivity index (χ0v) is 26.3. The molecule has 1 saturated carbocycles. The summed E-state index contributed by atoms with van der Waals surface area (Å²) in [5, 5.41) is 2.67. The number of hydrogen-bond donors (Lipinski definition) is 2. The van der Waals surface area contributed by atoms with Gasteiger partial charge in [-0.1, -0.05) is 51.2 Å². The van der Waals surface area contributed by atoms with Crippen LogP contribution in [0.15, 0.2) is 42.5 Å². The number of amides is 1. The number of carbonyl (C=O) groups excluding carboxylic acids is 2. The van der Waals surface area contributed by atoms with E-state index < -0.39 is 15.3 Å². The Morgan fingerprint density at radius 3 is 2.33 bits per heavy atom.